The van der Waals surface area contributed by atoms with E-state index in [4.69, 9.17) is 0 Å². The Bertz CT molecular complexity index is 513. The quantitative estimate of drug-likeness (QED) is 0.814. The second-order valence-electron chi connectivity index (χ2n) is 4.11. The van der Waals surface area contributed by atoms with Crippen LogP contribution in [-0.2, 0) is 18.8 Å². The molecule has 2 rings (SSSR count). The van der Waals surface area contributed by atoms with Crippen LogP contribution < -0.4 is 0 Å². The summed E-state index contributed by atoms with van der Waals surface area (Å²) in [6.07, 6.45) is 5.94. The van der Waals surface area contributed by atoms with Gasteiger partial charge in [0, 0.05) is 36.8 Å². The minimum Gasteiger partial charge on any atom is -0.288 e. The van der Waals surface area contributed by atoms with Crippen LogP contribution in [0.2, 0.25) is 0 Å². The molecular formula is C12H17BrN4. The van der Waals surface area contributed by atoms with E-state index in [2.05, 4.69) is 37.5 Å². The molecule has 4 nitrogen and oxygen atoms in total. The summed E-state index contributed by atoms with van der Waals surface area (Å²) >= 11 is 3.53. The smallest absolute Gasteiger partial charge is 0.140 e. The van der Waals surface area contributed by atoms with Crippen LogP contribution in [0, 0.1) is 6.92 Å². The number of hydrogen-bond donors (Lipinski definition) is 0. The zero-order valence-corrected chi connectivity index (χ0v) is 12.0. The standard InChI is InChI=1S/C12H17BrN4/c1-4-5-11-14-6-7-17(11)12-10(8-13)9(2)15-16(12)3/h6-7H,4-5,8H2,1-3H3. The summed E-state index contributed by atoms with van der Waals surface area (Å²) < 4.78 is 4.06. The molecule has 0 spiro atoms. The molecule has 0 fully saturated rings. The van der Waals surface area contributed by atoms with Gasteiger partial charge in [-0.05, 0) is 13.3 Å². The van der Waals surface area contributed by atoms with Crippen molar-refractivity contribution in [3.05, 3.63) is 29.5 Å². The number of rotatable bonds is 4. The molecule has 92 valence electrons. The Morgan fingerprint density at radius 2 is 2.18 bits per heavy atom. The van der Waals surface area contributed by atoms with E-state index in [1.807, 2.05) is 31.0 Å². The third-order valence-corrected chi connectivity index (χ3v) is 3.43. The van der Waals surface area contributed by atoms with Crippen molar-refractivity contribution >= 4 is 15.9 Å². The average molecular weight is 297 g/mol. The van der Waals surface area contributed by atoms with Crippen LogP contribution in [0.4, 0.5) is 0 Å². The number of nitrogens with zero attached hydrogens (tertiary/aromatic N) is 4. The van der Waals surface area contributed by atoms with Crippen LogP contribution in [0.1, 0.15) is 30.4 Å². The summed E-state index contributed by atoms with van der Waals surface area (Å²) in [5.74, 6) is 2.21. The van der Waals surface area contributed by atoms with Crippen molar-refractivity contribution in [1.82, 2.24) is 19.3 Å². The summed E-state index contributed by atoms with van der Waals surface area (Å²) in [5, 5.41) is 5.29. The van der Waals surface area contributed by atoms with Gasteiger partial charge < -0.3 is 0 Å². The zero-order valence-electron chi connectivity index (χ0n) is 10.4. The molecular weight excluding hydrogens is 280 g/mol. The van der Waals surface area contributed by atoms with Crippen LogP contribution in [0.3, 0.4) is 0 Å². The Balaban J connectivity index is 2.55. The van der Waals surface area contributed by atoms with Gasteiger partial charge in [0.05, 0.1) is 5.69 Å². The summed E-state index contributed by atoms with van der Waals surface area (Å²) in [6.45, 7) is 4.20. The van der Waals surface area contributed by atoms with Crippen LogP contribution in [0.25, 0.3) is 5.82 Å². The number of imidazole rings is 1. The largest absolute Gasteiger partial charge is 0.288 e. The monoisotopic (exact) mass is 296 g/mol. The lowest BCUT2D eigenvalue weighted by Crippen LogP contribution is -2.07. The molecule has 2 aromatic heterocycles. The van der Waals surface area contributed by atoms with E-state index < -0.39 is 0 Å². The molecule has 5 heteroatoms. The van der Waals surface area contributed by atoms with Gasteiger partial charge in [-0.2, -0.15) is 5.10 Å². The van der Waals surface area contributed by atoms with Gasteiger partial charge in [0.2, 0.25) is 0 Å². The Morgan fingerprint density at radius 1 is 1.41 bits per heavy atom. The SMILES string of the molecule is CCCc1nccn1-c1c(CBr)c(C)nn1C. The maximum atomic E-state index is 4.48. The molecule has 0 aromatic carbocycles. The van der Waals surface area contributed by atoms with Gasteiger partial charge in [0.15, 0.2) is 0 Å². The third kappa shape index (κ3) is 2.16. The van der Waals surface area contributed by atoms with E-state index in [0.717, 1.165) is 35.5 Å². The highest BCUT2D eigenvalue weighted by atomic mass is 79.9. The van der Waals surface area contributed by atoms with Crippen LogP contribution >= 0.6 is 15.9 Å². The number of hydrogen-bond acceptors (Lipinski definition) is 2. The lowest BCUT2D eigenvalue weighted by Gasteiger charge is -2.09. The number of halogens is 1. The highest BCUT2D eigenvalue weighted by Gasteiger charge is 2.15. The lowest BCUT2D eigenvalue weighted by molar-refractivity contribution is 0.699. The van der Waals surface area contributed by atoms with Crippen molar-refractivity contribution in [2.24, 2.45) is 7.05 Å². The minimum atomic E-state index is 0.811. The Hall–Kier alpha value is -1.10. The highest BCUT2D eigenvalue weighted by Crippen LogP contribution is 2.22. The summed E-state index contributed by atoms with van der Waals surface area (Å²) in [6, 6.07) is 0. The van der Waals surface area contributed by atoms with Crippen molar-refractivity contribution in [2.75, 3.05) is 0 Å². The van der Waals surface area contributed by atoms with E-state index in [1.165, 1.54) is 5.56 Å². The fourth-order valence-electron chi connectivity index (χ4n) is 2.08. The first-order valence-corrected chi connectivity index (χ1v) is 6.92. The third-order valence-electron chi connectivity index (χ3n) is 2.87. The fraction of sp³-hybridized carbons (Fsp3) is 0.500. The van der Waals surface area contributed by atoms with Gasteiger partial charge in [-0.1, -0.05) is 22.9 Å². The predicted molar refractivity (Wildman–Crippen MR) is 71.7 cm³/mol. The molecule has 0 saturated carbocycles. The number of aryl methyl sites for hydroxylation is 3. The van der Waals surface area contributed by atoms with Crippen molar-refractivity contribution in [3.8, 4) is 5.82 Å². The molecule has 0 amide bonds. The van der Waals surface area contributed by atoms with Crippen LogP contribution in [0.15, 0.2) is 12.4 Å². The average Bonchev–Trinajstić information content (AvgIpc) is 2.83. The van der Waals surface area contributed by atoms with Crippen molar-refractivity contribution in [1.29, 1.82) is 0 Å². The van der Waals surface area contributed by atoms with Crippen molar-refractivity contribution in [3.63, 3.8) is 0 Å². The van der Waals surface area contributed by atoms with Crippen molar-refractivity contribution in [2.45, 2.75) is 32.0 Å². The molecule has 2 aromatic rings. The molecule has 0 aliphatic heterocycles. The van der Waals surface area contributed by atoms with Gasteiger partial charge >= 0.3 is 0 Å². The maximum Gasteiger partial charge on any atom is 0.140 e. The zero-order chi connectivity index (χ0) is 12.4. The maximum absolute atomic E-state index is 4.48. The number of aromatic nitrogens is 4. The van der Waals surface area contributed by atoms with Gasteiger partial charge in [0.1, 0.15) is 11.6 Å². The highest BCUT2D eigenvalue weighted by molar-refractivity contribution is 9.08. The first-order chi connectivity index (χ1) is 8.19. The first-order valence-electron chi connectivity index (χ1n) is 5.80. The Morgan fingerprint density at radius 3 is 2.82 bits per heavy atom. The van der Waals surface area contributed by atoms with Gasteiger partial charge in [0.25, 0.3) is 0 Å². The van der Waals surface area contributed by atoms with Gasteiger partial charge in [-0.15, -0.1) is 0 Å². The van der Waals surface area contributed by atoms with Gasteiger partial charge in [-0.3, -0.25) is 9.25 Å². The normalized spacial score (nSPS) is 11.1. The van der Waals surface area contributed by atoms with E-state index in [1.54, 1.807) is 0 Å². The molecule has 0 N–H and O–H groups in total. The molecule has 0 aliphatic rings. The Kier molecular flexibility index (Phi) is 3.66. The minimum absolute atomic E-state index is 0.811. The fourth-order valence-corrected chi connectivity index (χ4v) is 2.74. The van der Waals surface area contributed by atoms with Crippen LogP contribution in [-0.4, -0.2) is 19.3 Å². The first kappa shape index (κ1) is 12.4. The molecule has 0 saturated heterocycles. The van der Waals surface area contributed by atoms with E-state index in [9.17, 15) is 0 Å². The molecule has 0 bridgehead atoms. The van der Waals surface area contributed by atoms with E-state index in [0.29, 0.717) is 0 Å². The topological polar surface area (TPSA) is 35.6 Å². The predicted octanol–water partition coefficient (Wildman–Crippen LogP) is 2.76. The molecule has 0 atom stereocenters. The molecule has 17 heavy (non-hydrogen) atoms. The van der Waals surface area contributed by atoms with E-state index in [-0.39, 0.29) is 0 Å². The summed E-state index contributed by atoms with van der Waals surface area (Å²) in [5.41, 5.74) is 2.29. The molecule has 0 aliphatic carbocycles. The van der Waals surface area contributed by atoms with Crippen LogP contribution in [0.5, 0.6) is 0 Å². The number of alkyl halides is 1. The van der Waals surface area contributed by atoms with E-state index >= 15 is 0 Å². The second-order valence-corrected chi connectivity index (χ2v) is 4.67. The molecule has 0 radical (unpaired) electrons. The molecule has 0 unspecified atom stereocenters. The Labute approximate surface area is 110 Å². The summed E-state index contributed by atoms with van der Waals surface area (Å²) in [4.78, 5) is 4.41. The lowest BCUT2D eigenvalue weighted by atomic mass is 10.2. The van der Waals surface area contributed by atoms with Crippen molar-refractivity contribution < 1.29 is 0 Å². The second kappa shape index (κ2) is 5.04. The summed E-state index contributed by atoms with van der Waals surface area (Å²) in [7, 11) is 1.98. The van der Waals surface area contributed by atoms with Gasteiger partial charge in [-0.25, -0.2) is 4.98 Å². The molecule has 2 heterocycles.